The molecule has 3 aliphatic rings. The van der Waals surface area contributed by atoms with E-state index in [4.69, 9.17) is 17.0 Å². The zero-order chi connectivity index (χ0) is 37.8. The Labute approximate surface area is 312 Å². The summed E-state index contributed by atoms with van der Waals surface area (Å²) in [5.41, 5.74) is -1.30. The minimum absolute atomic E-state index is 0.0267. The van der Waals surface area contributed by atoms with Crippen molar-refractivity contribution in [1.29, 1.82) is 0 Å². The molecule has 5 atom stereocenters. The highest BCUT2D eigenvalue weighted by atomic mass is 32.1. The summed E-state index contributed by atoms with van der Waals surface area (Å²) < 4.78 is 88.3. The second kappa shape index (κ2) is 13.9. The van der Waals surface area contributed by atoms with Crippen LogP contribution >= 0.6 is 12.2 Å². The van der Waals surface area contributed by atoms with Gasteiger partial charge >= 0.3 is 12.4 Å². The highest BCUT2D eigenvalue weighted by molar-refractivity contribution is 7.80. The van der Waals surface area contributed by atoms with Gasteiger partial charge in [0.25, 0.3) is 0 Å². The van der Waals surface area contributed by atoms with E-state index >= 15 is 0 Å². The van der Waals surface area contributed by atoms with Crippen molar-refractivity contribution in [1.82, 2.24) is 9.88 Å². The number of thiocarbonyl (C=S) groups is 1. The molecule has 1 aromatic heterocycles. The van der Waals surface area contributed by atoms with Gasteiger partial charge in [0.15, 0.2) is 5.11 Å². The lowest BCUT2D eigenvalue weighted by Gasteiger charge is -2.51. The van der Waals surface area contributed by atoms with Crippen molar-refractivity contribution in [3.8, 4) is 5.75 Å². The smallest absolute Gasteiger partial charge is 0.416 e. The van der Waals surface area contributed by atoms with Crippen LogP contribution in [0, 0.1) is 11.8 Å². The molecule has 0 aliphatic carbocycles. The lowest BCUT2D eigenvalue weighted by atomic mass is 9.73. The standard InChI is InChI=1S/C42H34F6N4OS/c1-2-24-23-52-16-14-25(24)17-37(52)39(53-38-18-26-7-3-4-8-31(26)32-9-5-6-10-33(32)38)34-13-15-49-36-12-11-29(22-35(34)36)50-40(54)51-30-20-27(41(43,44)45)19-28(21-30)42(46,47)48/h2-13,15,18-22,24-25,37,39H,1,14,16-17,23H2,(H2,50,51,54)/t24-,25-,37+,39+/m0/s1. The first-order chi connectivity index (χ1) is 25.9. The van der Waals surface area contributed by atoms with E-state index in [9.17, 15) is 26.3 Å². The van der Waals surface area contributed by atoms with Crippen molar-refractivity contribution in [2.75, 3.05) is 23.7 Å². The highest BCUT2D eigenvalue weighted by Gasteiger charge is 2.44. The molecule has 0 saturated carbocycles. The number of halogens is 6. The van der Waals surface area contributed by atoms with Crippen molar-refractivity contribution in [2.45, 2.75) is 37.3 Å². The zero-order valence-corrected chi connectivity index (χ0v) is 29.5. The van der Waals surface area contributed by atoms with Crippen LogP contribution in [0.1, 0.15) is 35.6 Å². The number of hydrogen-bond donors (Lipinski definition) is 2. The van der Waals surface area contributed by atoms with Gasteiger partial charge in [0.2, 0.25) is 0 Å². The van der Waals surface area contributed by atoms with E-state index in [1.807, 2.05) is 36.4 Å². The topological polar surface area (TPSA) is 49.4 Å². The minimum Gasteiger partial charge on any atom is -0.483 e. The number of rotatable bonds is 7. The average Bonchev–Trinajstić information content (AvgIpc) is 3.16. The third kappa shape index (κ3) is 6.96. The molecule has 0 amide bonds. The maximum atomic E-state index is 13.5. The summed E-state index contributed by atoms with van der Waals surface area (Å²) in [6.45, 7) is 5.91. The number of benzene rings is 5. The predicted molar refractivity (Wildman–Crippen MR) is 205 cm³/mol. The Hall–Kier alpha value is -5.20. The van der Waals surface area contributed by atoms with E-state index in [-0.39, 0.29) is 17.2 Å². The van der Waals surface area contributed by atoms with Gasteiger partial charge in [-0.15, -0.1) is 6.58 Å². The van der Waals surface area contributed by atoms with Crippen molar-refractivity contribution < 1.29 is 31.1 Å². The summed E-state index contributed by atoms with van der Waals surface area (Å²) in [5.74, 6) is 1.60. The lowest BCUT2D eigenvalue weighted by Crippen LogP contribution is -2.55. The van der Waals surface area contributed by atoms with Crippen molar-refractivity contribution in [2.24, 2.45) is 11.8 Å². The van der Waals surface area contributed by atoms with Gasteiger partial charge in [0.1, 0.15) is 11.9 Å². The van der Waals surface area contributed by atoms with E-state index < -0.39 is 35.3 Å². The molecule has 3 fully saturated rings. The van der Waals surface area contributed by atoms with E-state index in [2.05, 4.69) is 63.5 Å². The molecule has 5 aromatic carbocycles. The van der Waals surface area contributed by atoms with Gasteiger partial charge in [0.05, 0.1) is 22.7 Å². The molecule has 3 aliphatic heterocycles. The number of ether oxygens (including phenoxy) is 1. The van der Waals surface area contributed by atoms with Crippen LogP contribution in [0.3, 0.4) is 0 Å². The van der Waals surface area contributed by atoms with Crippen LogP contribution in [0.15, 0.2) is 116 Å². The van der Waals surface area contributed by atoms with Crippen LogP contribution in [0.2, 0.25) is 0 Å². The first-order valence-corrected chi connectivity index (χ1v) is 18.0. The Morgan fingerprint density at radius 1 is 0.815 bits per heavy atom. The van der Waals surface area contributed by atoms with E-state index in [0.29, 0.717) is 35.2 Å². The summed E-state index contributed by atoms with van der Waals surface area (Å²) >= 11 is 5.39. The molecule has 54 heavy (non-hydrogen) atoms. The molecule has 12 heteroatoms. The molecule has 4 heterocycles. The van der Waals surface area contributed by atoms with Crippen LogP contribution in [-0.4, -0.2) is 34.1 Å². The average molecular weight is 757 g/mol. The molecule has 5 nitrogen and oxygen atoms in total. The summed E-state index contributed by atoms with van der Waals surface area (Å²) in [4.78, 5) is 7.11. The first-order valence-electron chi connectivity index (χ1n) is 17.6. The van der Waals surface area contributed by atoms with Gasteiger partial charge in [-0.25, -0.2) is 0 Å². The van der Waals surface area contributed by atoms with Gasteiger partial charge in [-0.1, -0.05) is 54.6 Å². The number of aromatic nitrogens is 1. The third-order valence-corrected chi connectivity index (χ3v) is 10.9. The normalized spacial score (nSPS) is 20.6. The third-order valence-electron chi connectivity index (χ3n) is 10.7. The van der Waals surface area contributed by atoms with E-state index in [1.54, 1.807) is 18.3 Å². The molecule has 0 spiro atoms. The Morgan fingerprint density at radius 2 is 1.50 bits per heavy atom. The fourth-order valence-corrected chi connectivity index (χ4v) is 8.35. The molecular weight excluding hydrogens is 723 g/mol. The van der Waals surface area contributed by atoms with Crippen molar-refractivity contribution >= 4 is 61.2 Å². The van der Waals surface area contributed by atoms with Gasteiger partial charge in [-0.05, 0) is 108 Å². The maximum absolute atomic E-state index is 13.5. The van der Waals surface area contributed by atoms with E-state index in [1.165, 1.54) is 0 Å². The van der Waals surface area contributed by atoms with Crippen molar-refractivity contribution in [3.63, 3.8) is 0 Å². The molecule has 2 N–H and O–H groups in total. The second-order valence-electron chi connectivity index (χ2n) is 13.9. The fraction of sp³-hybridized carbons (Fsp3) is 0.238. The van der Waals surface area contributed by atoms with Gasteiger partial charge < -0.3 is 15.4 Å². The zero-order valence-electron chi connectivity index (χ0n) is 28.7. The van der Waals surface area contributed by atoms with Gasteiger partial charge in [-0.3, -0.25) is 9.88 Å². The molecule has 3 saturated heterocycles. The SMILES string of the molecule is C=C[C@H]1CN2CC[C@H]1C[C@@H]2[C@H](Oc1cc2ccccc2c2ccccc12)c1ccnc2ccc(NC(=S)Nc3cc(C(F)(F)F)cc(C(F)(F)F)c3)cc12. The monoisotopic (exact) mass is 756 g/mol. The molecule has 276 valence electrons. The minimum atomic E-state index is -4.99. The molecule has 1 unspecified atom stereocenters. The van der Waals surface area contributed by atoms with Crippen LogP contribution in [0.5, 0.6) is 5.75 Å². The highest BCUT2D eigenvalue weighted by Crippen LogP contribution is 2.46. The summed E-state index contributed by atoms with van der Waals surface area (Å²) in [7, 11) is 0. The fourth-order valence-electron chi connectivity index (χ4n) is 8.11. The number of hydrogen-bond acceptors (Lipinski definition) is 4. The second-order valence-corrected chi connectivity index (χ2v) is 14.3. The quantitative estimate of drug-likeness (QED) is 0.0732. The predicted octanol–water partition coefficient (Wildman–Crippen LogP) is 11.4. The summed E-state index contributed by atoms with van der Waals surface area (Å²) in [6.07, 6.45) is -4.63. The summed E-state index contributed by atoms with van der Waals surface area (Å²) in [6, 6.07) is 27.0. The lowest BCUT2D eigenvalue weighted by molar-refractivity contribution is -0.143. The van der Waals surface area contributed by atoms with Crippen LogP contribution in [-0.2, 0) is 12.4 Å². The maximum Gasteiger partial charge on any atom is 0.416 e. The molecular formula is C42H34F6N4OS. The Bertz CT molecular complexity index is 2380. The number of pyridine rings is 1. The molecule has 0 radical (unpaired) electrons. The number of nitrogens with one attached hydrogen (secondary N) is 2. The number of fused-ring (bicyclic) bond motifs is 7. The number of piperidine rings is 3. The molecule has 9 rings (SSSR count). The first kappa shape index (κ1) is 35.8. The van der Waals surface area contributed by atoms with Gasteiger partial charge in [-0.2, -0.15) is 26.3 Å². The van der Waals surface area contributed by atoms with E-state index in [0.717, 1.165) is 64.2 Å². The number of nitrogens with zero attached hydrogens (tertiary/aromatic N) is 2. The summed E-state index contributed by atoms with van der Waals surface area (Å²) in [5, 5.41) is 10.3. The van der Waals surface area contributed by atoms with Crippen LogP contribution < -0.4 is 15.4 Å². The number of anilines is 2. The molecule has 6 aromatic rings. The van der Waals surface area contributed by atoms with Gasteiger partial charge in [0, 0.05) is 40.5 Å². The van der Waals surface area contributed by atoms with Crippen LogP contribution in [0.4, 0.5) is 37.7 Å². The number of alkyl halides is 6. The van der Waals surface area contributed by atoms with Crippen LogP contribution in [0.25, 0.3) is 32.4 Å². The Balaban J connectivity index is 1.17. The Morgan fingerprint density at radius 3 is 2.19 bits per heavy atom. The largest absolute Gasteiger partial charge is 0.483 e. The molecule has 2 bridgehead atoms. The van der Waals surface area contributed by atoms with Crippen molar-refractivity contribution in [3.05, 3.63) is 133 Å². The Kier molecular flexibility index (Phi) is 9.21.